The van der Waals surface area contributed by atoms with Crippen LogP contribution in [0.4, 0.5) is 0 Å². The van der Waals surface area contributed by atoms with E-state index < -0.39 is 28.4 Å². The topological polar surface area (TPSA) is 118 Å². The van der Waals surface area contributed by atoms with E-state index in [1.54, 1.807) is 13.8 Å². The molecule has 0 fully saturated rings. The standard InChI is InChI=1S/C10H14N2O5S2/c1-6(2)12(4-8(13)14)10(15)7-3-9(18-5-7)19(11,16)17/h3,5-6H,4H2,1-2H3,(H,13,14)(H2,11,16,17). The Labute approximate surface area is 114 Å². The zero-order valence-electron chi connectivity index (χ0n) is 10.4. The van der Waals surface area contributed by atoms with Crippen molar-refractivity contribution in [2.24, 2.45) is 5.14 Å². The van der Waals surface area contributed by atoms with Crippen molar-refractivity contribution in [3.05, 3.63) is 17.0 Å². The molecule has 0 unspecified atom stereocenters. The Hall–Kier alpha value is -1.45. The van der Waals surface area contributed by atoms with Gasteiger partial charge in [0.15, 0.2) is 0 Å². The van der Waals surface area contributed by atoms with E-state index in [-0.39, 0.29) is 15.8 Å². The number of hydrogen-bond acceptors (Lipinski definition) is 5. The minimum atomic E-state index is -3.85. The number of carbonyl (C=O) groups excluding carboxylic acids is 1. The molecule has 19 heavy (non-hydrogen) atoms. The van der Waals surface area contributed by atoms with Crippen LogP contribution in [0.15, 0.2) is 15.7 Å². The van der Waals surface area contributed by atoms with E-state index in [0.29, 0.717) is 0 Å². The number of nitrogens with two attached hydrogens (primary N) is 1. The molecule has 1 heterocycles. The number of carboxylic acid groups (broad SMARTS) is 1. The Morgan fingerprint density at radius 1 is 1.47 bits per heavy atom. The Morgan fingerprint density at radius 3 is 2.42 bits per heavy atom. The van der Waals surface area contributed by atoms with Gasteiger partial charge in [0.05, 0.1) is 5.56 Å². The molecule has 0 radical (unpaired) electrons. The monoisotopic (exact) mass is 306 g/mol. The third-order valence-electron chi connectivity index (χ3n) is 2.29. The Kier molecular flexibility index (Phi) is 4.66. The fourth-order valence-electron chi connectivity index (χ4n) is 1.38. The van der Waals surface area contributed by atoms with Crippen molar-refractivity contribution in [1.29, 1.82) is 0 Å². The molecule has 9 heteroatoms. The zero-order valence-corrected chi connectivity index (χ0v) is 12.0. The van der Waals surface area contributed by atoms with Crippen molar-refractivity contribution in [2.45, 2.75) is 24.1 Å². The number of carbonyl (C=O) groups is 2. The largest absolute Gasteiger partial charge is 0.480 e. The van der Waals surface area contributed by atoms with Crippen molar-refractivity contribution in [3.8, 4) is 0 Å². The molecule has 1 rings (SSSR count). The number of hydrogen-bond donors (Lipinski definition) is 2. The summed E-state index contributed by atoms with van der Waals surface area (Å²) in [5.41, 5.74) is 0.115. The van der Waals surface area contributed by atoms with Gasteiger partial charge >= 0.3 is 5.97 Å². The molecule has 0 saturated heterocycles. The quantitative estimate of drug-likeness (QED) is 0.812. The lowest BCUT2D eigenvalue weighted by molar-refractivity contribution is -0.138. The maximum atomic E-state index is 12.1. The highest BCUT2D eigenvalue weighted by Gasteiger charge is 2.23. The minimum Gasteiger partial charge on any atom is -0.480 e. The van der Waals surface area contributed by atoms with Crippen LogP contribution in [0.2, 0.25) is 0 Å². The second-order valence-corrected chi connectivity index (χ2v) is 6.82. The normalized spacial score (nSPS) is 11.6. The number of aliphatic carboxylic acids is 1. The molecule has 3 N–H and O–H groups in total. The van der Waals surface area contributed by atoms with E-state index in [1.165, 1.54) is 5.38 Å². The van der Waals surface area contributed by atoms with Gasteiger partial charge in [-0.1, -0.05) is 0 Å². The fourth-order valence-corrected chi connectivity index (χ4v) is 2.96. The number of primary sulfonamides is 1. The molecule has 106 valence electrons. The van der Waals surface area contributed by atoms with Crippen molar-refractivity contribution >= 4 is 33.2 Å². The first-order chi connectivity index (χ1) is 8.62. The van der Waals surface area contributed by atoms with Gasteiger partial charge in [0.1, 0.15) is 10.8 Å². The molecule has 1 aromatic rings. The Morgan fingerprint density at radius 2 is 2.05 bits per heavy atom. The predicted molar refractivity (Wildman–Crippen MR) is 69.5 cm³/mol. The molecular weight excluding hydrogens is 292 g/mol. The van der Waals surface area contributed by atoms with Crippen LogP contribution in [0.3, 0.4) is 0 Å². The summed E-state index contributed by atoms with van der Waals surface area (Å²) in [6.07, 6.45) is 0. The van der Waals surface area contributed by atoms with Crippen LogP contribution in [-0.4, -0.2) is 42.9 Å². The van der Waals surface area contributed by atoms with Crippen LogP contribution in [0.25, 0.3) is 0 Å². The van der Waals surface area contributed by atoms with E-state index in [4.69, 9.17) is 10.2 Å². The number of amides is 1. The molecule has 0 saturated carbocycles. The number of nitrogens with zero attached hydrogens (tertiary/aromatic N) is 1. The molecular formula is C10H14N2O5S2. The maximum Gasteiger partial charge on any atom is 0.323 e. The van der Waals surface area contributed by atoms with Crippen molar-refractivity contribution in [1.82, 2.24) is 4.90 Å². The molecule has 1 aromatic heterocycles. The van der Waals surface area contributed by atoms with Gasteiger partial charge < -0.3 is 10.0 Å². The molecule has 0 spiro atoms. The summed E-state index contributed by atoms with van der Waals surface area (Å²) < 4.78 is 22.1. The lowest BCUT2D eigenvalue weighted by Crippen LogP contribution is -2.40. The second-order valence-electron chi connectivity index (χ2n) is 4.12. The predicted octanol–water partition coefficient (Wildman–Crippen LogP) is 0.331. The van der Waals surface area contributed by atoms with Crippen molar-refractivity contribution in [2.75, 3.05) is 6.54 Å². The highest BCUT2D eigenvalue weighted by Crippen LogP contribution is 2.20. The van der Waals surface area contributed by atoms with Crippen LogP contribution in [0.1, 0.15) is 24.2 Å². The summed E-state index contributed by atoms with van der Waals surface area (Å²) in [6.45, 7) is 2.90. The summed E-state index contributed by atoms with van der Waals surface area (Å²) in [5.74, 6) is -1.67. The lowest BCUT2D eigenvalue weighted by atomic mass is 10.2. The van der Waals surface area contributed by atoms with Crippen LogP contribution in [0, 0.1) is 0 Å². The average molecular weight is 306 g/mol. The van der Waals surface area contributed by atoms with Gasteiger partial charge in [0.25, 0.3) is 5.91 Å². The van der Waals surface area contributed by atoms with Gasteiger partial charge in [-0.3, -0.25) is 9.59 Å². The van der Waals surface area contributed by atoms with Gasteiger partial charge in [-0.15, -0.1) is 11.3 Å². The van der Waals surface area contributed by atoms with Gasteiger partial charge in [0.2, 0.25) is 10.0 Å². The number of thiophene rings is 1. The second kappa shape index (κ2) is 5.68. The smallest absolute Gasteiger partial charge is 0.323 e. The SMILES string of the molecule is CC(C)N(CC(=O)O)C(=O)c1csc(S(N)(=O)=O)c1. The molecule has 0 aromatic carbocycles. The number of sulfonamides is 1. The Balaban J connectivity index is 3.04. The van der Waals surface area contributed by atoms with Crippen molar-refractivity contribution in [3.63, 3.8) is 0 Å². The van der Waals surface area contributed by atoms with Crippen LogP contribution >= 0.6 is 11.3 Å². The van der Waals surface area contributed by atoms with Gasteiger partial charge in [-0.25, -0.2) is 13.6 Å². The lowest BCUT2D eigenvalue weighted by Gasteiger charge is -2.24. The molecule has 7 nitrogen and oxygen atoms in total. The molecule has 0 bridgehead atoms. The third-order valence-corrected chi connectivity index (χ3v) is 4.68. The highest BCUT2D eigenvalue weighted by molar-refractivity contribution is 7.91. The van der Waals surface area contributed by atoms with Crippen molar-refractivity contribution < 1.29 is 23.1 Å². The van der Waals surface area contributed by atoms with E-state index in [2.05, 4.69) is 0 Å². The maximum absolute atomic E-state index is 12.1. The van der Waals surface area contributed by atoms with E-state index in [1.807, 2.05) is 0 Å². The van der Waals surface area contributed by atoms with E-state index >= 15 is 0 Å². The zero-order chi connectivity index (χ0) is 14.8. The summed E-state index contributed by atoms with van der Waals surface area (Å²) in [7, 11) is -3.85. The molecule has 1 amide bonds. The first-order valence-corrected chi connectivity index (χ1v) is 7.69. The molecule has 0 aliphatic carbocycles. The highest BCUT2D eigenvalue weighted by atomic mass is 32.2. The number of carboxylic acids is 1. The first kappa shape index (κ1) is 15.6. The summed E-state index contributed by atoms with van der Waals surface area (Å²) in [5, 5.41) is 15.1. The summed E-state index contributed by atoms with van der Waals surface area (Å²) in [6, 6.07) is 0.834. The van der Waals surface area contributed by atoms with Crippen LogP contribution < -0.4 is 5.14 Å². The summed E-state index contributed by atoms with van der Waals surface area (Å²) in [4.78, 5) is 23.9. The molecule has 0 aliphatic rings. The van der Waals surface area contributed by atoms with Crippen LogP contribution in [0.5, 0.6) is 0 Å². The fraction of sp³-hybridized carbons (Fsp3) is 0.400. The van der Waals surface area contributed by atoms with Crippen LogP contribution in [-0.2, 0) is 14.8 Å². The minimum absolute atomic E-state index is 0.115. The Bertz CT molecular complexity index is 591. The van der Waals surface area contributed by atoms with Gasteiger partial charge in [-0.05, 0) is 19.9 Å². The van der Waals surface area contributed by atoms with E-state index in [0.717, 1.165) is 22.3 Å². The molecule has 0 atom stereocenters. The molecule has 0 aliphatic heterocycles. The summed E-state index contributed by atoms with van der Waals surface area (Å²) >= 11 is 0.825. The third kappa shape index (κ3) is 4.01. The number of rotatable bonds is 5. The van der Waals surface area contributed by atoms with Gasteiger partial charge in [0, 0.05) is 11.4 Å². The van der Waals surface area contributed by atoms with Gasteiger partial charge in [-0.2, -0.15) is 0 Å². The average Bonchev–Trinajstić information content (AvgIpc) is 2.72. The first-order valence-electron chi connectivity index (χ1n) is 5.27. The van der Waals surface area contributed by atoms with E-state index in [9.17, 15) is 18.0 Å².